The van der Waals surface area contributed by atoms with Gasteiger partial charge in [0, 0.05) is 38.8 Å². The Labute approximate surface area is 116 Å². The second kappa shape index (κ2) is 7.70. The van der Waals surface area contributed by atoms with Gasteiger partial charge in [0.25, 0.3) is 0 Å². The maximum absolute atomic E-state index is 5.37. The Morgan fingerprint density at radius 2 is 2.11 bits per heavy atom. The van der Waals surface area contributed by atoms with Crippen molar-refractivity contribution in [3.8, 4) is 0 Å². The highest BCUT2D eigenvalue weighted by molar-refractivity contribution is 5.80. The topological polar surface area (TPSA) is 48.9 Å². The summed E-state index contributed by atoms with van der Waals surface area (Å²) in [5, 5.41) is 6.77. The third-order valence-electron chi connectivity index (χ3n) is 3.50. The van der Waals surface area contributed by atoms with E-state index in [-0.39, 0.29) is 0 Å². The lowest BCUT2D eigenvalue weighted by Gasteiger charge is -2.28. The van der Waals surface area contributed by atoms with Crippen molar-refractivity contribution in [2.24, 2.45) is 10.9 Å². The molecule has 1 saturated carbocycles. The highest BCUT2D eigenvalue weighted by Gasteiger charge is 2.22. The van der Waals surface area contributed by atoms with E-state index in [1.54, 1.807) is 0 Å². The van der Waals surface area contributed by atoms with Gasteiger partial charge >= 0.3 is 0 Å². The summed E-state index contributed by atoms with van der Waals surface area (Å²) < 4.78 is 5.37. The summed E-state index contributed by atoms with van der Waals surface area (Å²) in [5.74, 6) is 1.58. The molecule has 0 aromatic heterocycles. The molecule has 2 aliphatic rings. The number of aliphatic imine (C=N–C) groups is 1. The Kier molecular flexibility index (Phi) is 5.92. The average Bonchev–Trinajstić information content (AvgIpc) is 3.21. The first-order valence-corrected chi connectivity index (χ1v) is 7.63. The summed E-state index contributed by atoms with van der Waals surface area (Å²) in [5.41, 5.74) is 0. The summed E-state index contributed by atoms with van der Waals surface area (Å²) >= 11 is 0. The lowest BCUT2D eigenvalue weighted by Crippen LogP contribution is -2.41. The standard InChI is InChI=1S/C14H28N4O/c1-3-15-14(17-13-4-5-13)16-10-12(2)11-18-6-8-19-9-7-18/h12-13H,3-11H2,1-2H3,(H2,15,16,17). The van der Waals surface area contributed by atoms with Gasteiger partial charge in [0.15, 0.2) is 5.96 Å². The SMILES string of the molecule is CCNC(=NCC(C)CN1CCOCC1)NC1CC1. The fourth-order valence-corrected chi connectivity index (χ4v) is 2.27. The van der Waals surface area contributed by atoms with E-state index in [1.807, 2.05) is 0 Å². The van der Waals surface area contributed by atoms with Crippen molar-refractivity contribution >= 4 is 5.96 Å². The normalized spacial score (nSPS) is 23.2. The predicted octanol–water partition coefficient (Wildman–Crippen LogP) is 0.672. The van der Waals surface area contributed by atoms with Crippen molar-refractivity contribution in [1.82, 2.24) is 15.5 Å². The van der Waals surface area contributed by atoms with Crippen LogP contribution in [0, 0.1) is 5.92 Å². The second-order valence-corrected chi connectivity index (χ2v) is 5.66. The summed E-state index contributed by atoms with van der Waals surface area (Å²) in [4.78, 5) is 7.17. The van der Waals surface area contributed by atoms with Crippen molar-refractivity contribution in [3.63, 3.8) is 0 Å². The van der Waals surface area contributed by atoms with Crippen molar-refractivity contribution in [2.75, 3.05) is 45.9 Å². The number of nitrogens with one attached hydrogen (secondary N) is 2. The molecule has 2 fully saturated rings. The van der Waals surface area contributed by atoms with Crippen LogP contribution in [0.15, 0.2) is 4.99 Å². The summed E-state index contributed by atoms with van der Waals surface area (Å²) in [6.07, 6.45) is 2.57. The van der Waals surface area contributed by atoms with Gasteiger partial charge in [-0.15, -0.1) is 0 Å². The lowest BCUT2D eigenvalue weighted by molar-refractivity contribution is 0.0323. The first-order valence-electron chi connectivity index (χ1n) is 7.63. The Morgan fingerprint density at radius 3 is 2.74 bits per heavy atom. The van der Waals surface area contributed by atoms with Crippen LogP contribution in [0.25, 0.3) is 0 Å². The van der Waals surface area contributed by atoms with E-state index in [4.69, 9.17) is 9.73 Å². The molecule has 1 heterocycles. The maximum Gasteiger partial charge on any atom is 0.191 e. The largest absolute Gasteiger partial charge is 0.379 e. The quantitative estimate of drug-likeness (QED) is 0.549. The molecule has 0 aromatic rings. The molecule has 19 heavy (non-hydrogen) atoms. The van der Waals surface area contributed by atoms with Gasteiger partial charge < -0.3 is 15.4 Å². The third-order valence-corrected chi connectivity index (χ3v) is 3.50. The molecule has 0 spiro atoms. The molecule has 0 amide bonds. The van der Waals surface area contributed by atoms with Crippen LogP contribution in [0.3, 0.4) is 0 Å². The van der Waals surface area contributed by atoms with Gasteiger partial charge in [0.05, 0.1) is 13.2 Å². The minimum atomic E-state index is 0.591. The molecule has 0 bridgehead atoms. The summed E-state index contributed by atoms with van der Waals surface area (Å²) in [7, 11) is 0. The monoisotopic (exact) mass is 268 g/mol. The molecular weight excluding hydrogens is 240 g/mol. The van der Waals surface area contributed by atoms with Gasteiger partial charge in [0.2, 0.25) is 0 Å². The molecule has 0 radical (unpaired) electrons. The molecule has 5 nitrogen and oxygen atoms in total. The fourth-order valence-electron chi connectivity index (χ4n) is 2.27. The summed E-state index contributed by atoms with van der Waals surface area (Å²) in [6.45, 7) is 11.2. The molecular formula is C14H28N4O. The Bertz CT molecular complexity index is 285. The van der Waals surface area contributed by atoms with Gasteiger partial charge in [-0.2, -0.15) is 0 Å². The van der Waals surface area contributed by atoms with Crippen molar-refractivity contribution in [3.05, 3.63) is 0 Å². The predicted molar refractivity (Wildman–Crippen MR) is 78.6 cm³/mol. The van der Waals surface area contributed by atoms with E-state index >= 15 is 0 Å². The molecule has 1 aliphatic carbocycles. The molecule has 1 saturated heterocycles. The van der Waals surface area contributed by atoms with Gasteiger partial charge in [-0.3, -0.25) is 9.89 Å². The molecule has 0 aromatic carbocycles. The second-order valence-electron chi connectivity index (χ2n) is 5.66. The third kappa shape index (κ3) is 5.78. The van der Waals surface area contributed by atoms with E-state index < -0.39 is 0 Å². The Hall–Kier alpha value is -0.810. The first kappa shape index (κ1) is 14.6. The van der Waals surface area contributed by atoms with Crippen LogP contribution < -0.4 is 10.6 Å². The van der Waals surface area contributed by atoms with Crippen LogP contribution in [-0.2, 0) is 4.74 Å². The Balaban J connectivity index is 1.70. The van der Waals surface area contributed by atoms with Crippen LogP contribution >= 0.6 is 0 Å². The molecule has 110 valence electrons. The van der Waals surface area contributed by atoms with Crippen LogP contribution in [-0.4, -0.2) is 62.8 Å². The van der Waals surface area contributed by atoms with Crippen molar-refractivity contribution in [2.45, 2.75) is 32.7 Å². The minimum absolute atomic E-state index is 0.591. The number of hydrogen-bond donors (Lipinski definition) is 2. The maximum atomic E-state index is 5.37. The molecule has 1 aliphatic heterocycles. The van der Waals surface area contributed by atoms with Crippen LogP contribution in [0.5, 0.6) is 0 Å². The van der Waals surface area contributed by atoms with Gasteiger partial charge in [0.1, 0.15) is 0 Å². The zero-order chi connectivity index (χ0) is 13.5. The number of ether oxygens (including phenoxy) is 1. The number of guanidine groups is 1. The zero-order valence-corrected chi connectivity index (χ0v) is 12.3. The molecule has 1 unspecified atom stereocenters. The summed E-state index contributed by atoms with van der Waals surface area (Å²) in [6, 6.07) is 0.660. The van der Waals surface area contributed by atoms with E-state index in [0.717, 1.165) is 51.9 Å². The molecule has 1 atom stereocenters. The van der Waals surface area contributed by atoms with Crippen LogP contribution in [0.2, 0.25) is 0 Å². The van der Waals surface area contributed by atoms with E-state index in [0.29, 0.717) is 12.0 Å². The zero-order valence-electron chi connectivity index (χ0n) is 12.3. The number of morpholine rings is 1. The van der Waals surface area contributed by atoms with E-state index in [2.05, 4.69) is 29.4 Å². The van der Waals surface area contributed by atoms with E-state index in [9.17, 15) is 0 Å². The average molecular weight is 268 g/mol. The highest BCUT2D eigenvalue weighted by Crippen LogP contribution is 2.18. The number of rotatable bonds is 6. The highest BCUT2D eigenvalue weighted by atomic mass is 16.5. The number of hydrogen-bond acceptors (Lipinski definition) is 3. The van der Waals surface area contributed by atoms with Gasteiger partial charge in [-0.05, 0) is 25.7 Å². The van der Waals surface area contributed by atoms with Crippen LogP contribution in [0.1, 0.15) is 26.7 Å². The first-order chi connectivity index (χ1) is 9.28. The van der Waals surface area contributed by atoms with Crippen molar-refractivity contribution < 1.29 is 4.74 Å². The van der Waals surface area contributed by atoms with Crippen LogP contribution in [0.4, 0.5) is 0 Å². The Morgan fingerprint density at radius 1 is 1.37 bits per heavy atom. The minimum Gasteiger partial charge on any atom is -0.379 e. The number of nitrogens with zero attached hydrogens (tertiary/aromatic N) is 2. The molecule has 2 N–H and O–H groups in total. The van der Waals surface area contributed by atoms with Crippen molar-refractivity contribution in [1.29, 1.82) is 0 Å². The van der Waals surface area contributed by atoms with E-state index in [1.165, 1.54) is 12.8 Å². The fraction of sp³-hybridized carbons (Fsp3) is 0.929. The van der Waals surface area contributed by atoms with Gasteiger partial charge in [-0.1, -0.05) is 6.92 Å². The van der Waals surface area contributed by atoms with Gasteiger partial charge in [-0.25, -0.2) is 0 Å². The molecule has 5 heteroatoms. The molecule has 2 rings (SSSR count). The smallest absolute Gasteiger partial charge is 0.191 e. The lowest BCUT2D eigenvalue weighted by atomic mass is 10.1.